The van der Waals surface area contributed by atoms with Gasteiger partial charge in [0.25, 0.3) is 0 Å². The van der Waals surface area contributed by atoms with Crippen molar-refractivity contribution in [2.24, 2.45) is 5.73 Å². The molecule has 1 aliphatic heterocycles. The smallest absolute Gasteiger partial charge is 0.237 e. The van der Waals surface area contributed by atoms with Gasteiger partial charge in [-0.15, -0.1) is 24.8 Å². The van der Waals surface area contributed by atoms with Crippen molar-refractivity contribution in [3.63, 3.8) is 0 Å². The lowest BCUT2D eigenvalue weighted by Crippen LogP contribution is -2.55. The number of hydrogen-bond donors (Lipinski definition) is 2. The van der Waals surface area contributed by atoms with Crippen LogP contribution in [0.25, 0.3) is 0 Å². The van der Waals surface area contributed by atoms with Crippen LogP contribution in [0.2, 0.25) is 0 Å². The van der Waals surface area contributed by atoms with E-state index in [1.807, 2.05) is 6.92 Å². The second-order valence-corrected chi connectivity index (χ2v) is 4.93. The molecule has 3 N–H and O–H groups in total. The van der Waals surface area contributed by atoms with Crippen LogP contribution in [-0.4, -0.2) is 80.6 Å². The van der Waals surface area contributed by atoms with Gasteiger partial charge in [0.15, 0.2) is 0 Å². The van der Waals surface area contributed by atoms with E-state index < -0.39 is 0 Å². The fourth-order valence-corrected chi connectivity index (χ4v) is 2.23. The average Bonchev–Trinajstić information content (AvgIpc) is 2.50. The molecule has 0 aliphatic carbocycles. The highest BCUT2D eigenvalue weighted by Crippen LogP contribution is 2.06. The third-order valence-electron chi connectivity index (χ3n) is 3.59. The number of carbonyl (C=O) groups is 2. The summed E-state index contributed by atoms with van der Waals surface area (Å²) in [5.41, 5.74) is 5.35. The summed E-state index contributed by atoms with van der Waals surface area (Å²) in [6, 6.07) is -0.173. The normalized spacial score (nSPS) is 16.2. The minimum Gasteiger partial charge on any atom is -0.385 e. The zero-order valence-electron chi connectivity index (χ0n) is 13.2. The number of nitrogens with one attached hydrogen (secondary N) is 1. The maximum atomic E-state index is 12.0. The number of nitrogens with zero attached hydrogens (tertiary/aromatic N) is 2. The van der Waals surface area contributed by atoms with Crippen LogP contribution in [0.1, 0.15) is 13.3 Å². The first-order valence-corrected chi connectivity index (χ1v) is 7.08. The van der Waals surface area contributed by atoms with Crippen molar-refractivity contribution in [2.45, 2.75) is 19.4 Å². The standard InChI is InChI=1S/C13H26N4O3.2ClH/c1-11(13(19)15-4-3-9-20-2)16-5-7-17(8-6-16)12(18)10-14;;/h11H,3-10,14H2,1-2H3,(H,15,19);2*1H. The van der Waals surface area contributed by atoms with Crippen molar-refractivity contribution in [1.29, 1.82) is 0 Å². The van der Waals surface area contributed by atoms with Gasteiger partial charge in [-0.3, -0.25) is 14.5 Å². The van der Waals surface area contributed by atoms with E-state index in [4.69, 9.17) is 10.5 Å². The number of nitrogens with two attached hydrogens (primary N) is 1. The minimum absolute atomic E-state index is 0. The molecule has 0 bridgehead atoms. The van der Waals surface area contributed by atoms with Crippen LogP contribution < -0.4 is 11.1 Å². The SMILES string of the molecule is COCCCNC(=O)C(C)N1CCN(C(=O)CN)CC1.Cl.Cl. The van der Waals surface area contributed by atoms with Gasteiger partial charge in [0.05, 0.1) is 12.6 Å². The molecule has 0 aromatic rings. The first kappa shape index (κ1) is 23.7. The van der Waals surface area contributed by atoms with E-state index in [9.17, 15) is 9.59 Å². The molecule has 1 aliphatic rings. The summed E-state index contributed by atoms with van der Waals surface area (Å²) in [5, 5.41) is 2.90. The molecule has 1 unspecified atom stereocenters. The highest BCUT2D eigenvalue weighted by molar-refractivity contribution is 5.85. The molecule has 0 saturated carbocycles. The number of piperazine rings is 1. The van der Waals surface area contributed by atoms with Gasteiger partial charge in [-0.2, -0.15) is 0 Å². The quantitative estimate of drug-likeness (QED) is 0.597. The molecule has 0 aromatic heterocycles. The Bertz CT molecular complexity index is 326. The highest BCUT2D eigenvalue weighted by Gasteiger charge is 2.26. The first-order chi connectivity index (χ1) is 9.60. The van der Waals surface area contributed by atoms with Crippen LogP contribution in [0, 0.1) is 0 Å². The molecule has 1 fully saturated rings. The predicted molar refractivity (Wildman–Crippen MR) is 90.7 cm³/mol. The maximum absolute atomic E-state index is 12.0. The Hall–Kier alpha value is -0.600. The zero-order chi connectivity index (χ0) is 15.0. The third kappa shape index (κ3) is 7.60. The third-order valence-corrected chi connectivity index (χ3v) is 3.59. The summed E-state index contributed by atoms with van der Waals surface area (Å²) >= 11 is 0. The second-order valence-electron chi connectivity index (χ2n) is 4.93. The summed E-state index contributed by atoms with van der Waals surface area (Å²) in [4.78, 5) is 27.3. The fourth-order valence-electron chi connectivity index (χ4n) is 2.23. The monoisotopic (exact) mass is 358 g/mol. The van der Waals surface area contributed by atoms with Crippen molar-refractivity contribution in [1.82, 2.24) is 15.1 Å². The second kappa shape index (κ2) is 12.9. The first-order valence-electron chi connectivity index (χ1n) is 7.08. The van der Waals surface area contributed by atoms with Gasteiger partial charge in [0.2, 0.25) is 11.8 Å². The highest BCUT2D eigenvalue weighted by atomic mass is 35.5. The van der Waals surface area contributed by atoms with Gasteiger partial charge in [0.1, 0.15) is 0 Å². The molecule has 0 aromatic carbocycles. The predicted octanol–water partition coefficient (Wildman–Crippen LogP) is -0.526. The van der Waals surface area contributed by atoms with Gasteiger partial charge in [-0.25, -0.2) is 0 Å². The minimum atomic E-state index is -0.173. The van der Waals surface area contributed by atoms with Crippen LogP contribution in [0.15, 0.2) is 0 Å². The van der Waals surface area contributed by atoms with Gasteiger partial charge in [-0.1, -0.05) is 0 Å². The number of hydrogen-bond acceptors (Lipinski definition) is 5. The van der Waals surface area contributed by atoms with E-state index >= 15 is 0 Å². The molecule has 0 radical (unpaired) electrons. The summed E-state index contributed by atoms with van der Waals surface area (Å²) in [5.74, 6) is 0.000949. The van der Waals surface area contributed by atoms with Crippen molar-refractivity contribution in [2.75, 3.05) is 53.0 Å². The molecule has 1 rings (SSSR count). The lowest BCUT2D eigenvalue weighted by Gasteiger charge is -2.37. The Morgan fingerprint density at radius 1 is 1.23 bits per heavy atom. The van der Waals surface area contributed by atoms with Gasteiger partial charge in [-0.05, 0) is 13.3 Å². The average molecular weight is 359 g/mol. The fraction of sp³-hybridized carbons (Fsp3) is 0.846. The Kier molecular flexibility index (Phi) is 13.9. The number of halogens is 2. The van der Waals surface area contributed by atoms with E-state index in [2.05, 4.69) is 10.2 Å². The molecule has 1 saturated heterocycles. The van der Waals surface area contributed by atoms with Crippen LogP contribution >= 0.6 is 24.8 Å². The molecule has 0 spiro atoms. The summed E-state index contributed by atoms with van der Waals surface area (Å²) < 4.78 is 4.94. The summed E-state index contributed by atoms with van der Waals surface area (Å²) in [7, 11) is 1.65. The number of methoxy groups -OCH3 is 1. The Labute approximate surface area is 144 Å². The van der Waals surface area contributed by atoms with Gasteiger partial charge >= 0.3 is 0 Å². The van der Waals surface area contributed by atoms with E-state index in [1.165, 1.54) is 0 Å². The molecule has 132 valence electrons. The number of carbonyl (C=O) groups excluding carboxylic acids is 2. The topological polar surface area (TPSA) is 87.9 Å². The Balaban J connectivity index is 0. The van der Waals surface area contributed by atoms with E-state index in [1.54, 1.807) is 12.0 Å². The summed E-state index contributed by atoms with van der Waals surface area (Å²) in [6.45, 7) is 5.91. The van der Waals surface area contributed by atoms with Crippen molar-refractivity contribution < 1.29 is 14.3 Å². The largest absolute Gasteiger partial charge is 0.385 e. The van der Waals surface area contributed by atoms with Crippen LogP contribution in [0.4, 0.5) is 0 Å². The van der Waals surface area contributed by atoms with Crippen LogP contribution in [0.3, 0.4) is 0 Å². The Morgan fingerprint density at radius 2 is 1.82 bits per heavy atom. The van der Waals surface area contributed by atoms with Crippen molar-refractivity contribution in [3.05, 3.63) is 0 Å². The van der Waals surface area contributed by atoms with Gasteiger partial charge in [0, 0.05) is 46.4 Å². The number of rotatable bonds is 7. The van der Waals surface area contributed by atoms with E-state index in [-0.39, 0.29) is 49.2 Å². The molecule has 7 nitrogen and oxygen atoms in total. The number of ether oxygens (including phenoxy) is 1. The summed E-state index contributed by atoms with van der Waals surface area (Å²) in [6.07, 6.45) is 0.813. The van der Waals surface area contributed by atoms with Crippen LogP contribution in [0.5, 0.6) is 0 Å². The maximum Gasteiger partial charge on any atom is 0.237 e. The molecular weight excluding hydrogens is 331 g/mol. The molecule has 1 heterocycles. The Morgan fingerprint density at radius 3 is 2.32 bits per heavy atom. The number of amides is 2. The van der Waals surface area contributed by atoms with Gasteiger partial charge < -0.3 is 20.7 Å². The molecule has 22 heavy (non-hydrogen) atoms. The van der Waals surface area contributed by atoms with Crippen molar-refractivity contribution in [3.8, 4) is 0 Å². The lowest BCUT2D eigenvalue weighted by molar-refractivity contribution is -0.132. The molecule has 2 amide bonds. The molecule has 9 heteroatoms. The molecule has 1 atom stereocenters. The van der Waals surface area contributed by atoms with Crippen molar-refractivity contribution >= 4 is 36.6 Å². The van der Waals surface area contributed by atoms with Crippen LogP contribution in [-0.2, 0) is 14.3 Å². The molecular formula is C13H28Cl2N4O3. The zero-order valence-corrected chi connectivity index (χ0v) is 14.9. The lowest BCUT2D eigenvalue weighted by atomic mass is 10.2. The van der Waals surface area contributed by atoms with E-state index in [0.717, 1.165) is 6.42 Å². The van der Waals surface area contributed by atoms with E-state index in [0.29, 0.717) is 39.3 Å².